The largest absolute Gasteiger partial charge is 0.326 e. The topological polar surface area (TPSA) is 97.0 Å². The second-order valence-corrected chi connectivity index (χ2v) is 4.42. The molecule has 0 unspecified atom stereocenters. The Balaban J connectivity index is 2.03. The smallest absolute Gasteiger partial charge is 0.269 e. The summed E-state index contributed by atoms with van der Waals surface area (Å²) in [5.74, 6) is -0.0553. The Morgan fingerprint density at radius 3 is 2.00 bits per heavy atom. The van der Waals surface area contributed by atoms with E-state index < -0.39 is 4.92 Å². The van der Waals surface area contributed by atoms with E-state index in [4.69, 9.17) is 0 Å². The molecule has 0 aliphatic heterocycles. The molecule has 0 atom stereocenters. The normalized spacial score (nSPS) is 10.6. The first-order valence-electron chi connectivity index (χ1n) is 6.64. The number of nitro groups is 1. The van der Waals surface area contributed by atoms with Crippen LogP contribution in [-0.4, -0.2) is 10.8 Å². The average molecular weight is 298 g/mol. The number of nitrogens with zero attached hydrogens (tertiary/aromatic N) is 3. The SMILES string of the molecule is CCC(=O)Nc1ccc(/N=N/c2ccc([N+](=O)[O-])cc2)cc1. The molecule has 0 bridgehead atoms. The van der Waals surface area contributed by atoms with Gasteiger partial charge in [-0.25, -0.2) is 0 Å². The van der Waals surface area contributed by atoms with Crippen LogP contribution in [0.4, 0.5) is 22.7 Å². The monoisotopic (exact) mass is 298 g/mol. The van der Waals surface area contributed by atoms with Crippen LogP contribution in [-0.2, 0) is 4.79 Å². The van der Waals surface area contributed by atoms with Gasteiger partial charge in [0.1, 0.15) is 0 Å². The number of carbonyl (C=O) groups is 1. The maximum atomic E-state index is 11.3. The van der Waals surface area contributed by atoms with Crippen LogP contribution in [0, 0.1) is 10.1 Å². The number of carbonyl (C=O) groups excluding carboxylic acids is 1. The van der Waals surface area contributed by atoms with Crippen LogP contribution in [0.2, 0.25) is 0 Å². The number of benzene rings is 2. The summed E-state index contributed by atoms with van der Waals surface area (Å²) >= 11 is 0. The first kappa shape index (κ1) is 15.3. The van der Waals surface area contributed by atoms with E-state index in [0.717, 1.165) is 0 Å². The van der Waals surface area contributed by atoms with Crippen molar-refractivity contribution in [3.05, 3.63) is 58.6 Å². The maximum Gasteiger partial charge on any atom is 0.269 e. The zero-order valence-electron chi connectivity index (χ0n) is 11.9. The Bertz CT molecular complexity index is 694. The third-order valence-electron chi connectivity index (χ3n) is 2.81. The van der Waals surface area contributed by atoms with Crippen molar-refractivity contribution in [3.8, 4) is 0 Å². The molecule has 112 valence electrons. The molecule has 7 nitrogen and oxygen atoms in total. The molecule has 0 aliphatic carbocycles. The van der Waals surface area contributed by atoms with E-state index in [1.165, 1.54) is 24.3 Å². The van der Waals surface area contributed by atoms with Crippen LogP contribution >= 0.6 is 0 Å². The summed E-state index contributed by atoms with van der Waals surface area (Å²) in [5.41, 5.74) is 1.85. The van der Waals surface area contributed by atoms with E-state index in [1.54, 1.807) is 31.2 Å². The van der Waals surface area contributed by atoms with Crippen molar-refractivity contribution < 1.29 is 9.72 Å². The Morgan fingerprint density at radius 1 is 1.05 bits per heavy atom. The fourth-order valence-electron chi connectivity index (χ4n) is 1.62. The molecule has 0 fully saturated rings. The lowest BCUT2D eigenvalue weighted by Gasteiger charge is -2.02. The fraction of sp³-hybridized carbons (Fsp3) is 0.133. The molecule has 22 heavy (non-hydrogen) atoms. The molecule has 0 saturated carbocycles. The third-order valence-corrected chi connectivity index (χ3v) is 2.81. The summed E-state index contributed by atoms with van der Waals surface area (Å²) in [6, 6.07) is 12.7. The summed E-state index contributed by atoms with van der Waals surface area (Å²) in [5, 5.41) is 21.3. The van der Waals surface area contributed by atoms with Crippen LogP contribution in [0.3, 0.4) is 0 Å². The first-order valence-corrected chi connectivity index (χ1v) is 6.64. The lowest BCUT2D eigenvalue weighted by Crippen LogP contribution is -2.08. The molecule has 0 aliphatic rings. The molecule has 7 heteroatoms. The van der Waals surface area contributed by atoms with Gasteiger partial charge in [-0.15, -0.1) is 0 Å². The molecule has 2 aromatic rings. The minimum absolute atomic E-state index is 0.00923. The predicted octanol–water partition coefficient (Wildman–Crippen LogP) is 4.36. The number of nitro benzene ring substituents is 1. The summed E-state index contributed by atoms with van der Waals surface area (Å²) in [7, 11) is 0. The molecular formula is C15H14N4O3. The van der Waals surface area contributed by atoms with E-state index in [2.05, 4.69) is 15.5 Å². The second-order valence-electron chi connectivity index (χ2n) is 4.42. The minimum atomic E-state index is -0.468. The van der Waals surface area contributed by atoms with Crippen molar-refractivity contribution in [2.75, 3.05) is 5.32 Å². The van der Waals surface area contributed by atoms with Crippen LogP contribution in [0.15, 0.2) is 58.8 Å². The highest BCUT2D eigenvalue weighted by Crippen LogP contribution is 2.22. The number of anilines is 1. The molecule has 2 aromatic carbocycles. The predicted molar refractivity (Wildman–Crippen MR) is 82.6 cm³/mol. The lowest BCUT2D eigenvalue weighted by molar-refractivity contribution is -0.384. The number of nitrogens with one attached hydrogen (secondary N) is 1. The number of rotatable bonds is 5. The number of hydrogen-bond donors (Lipinski definition) is 1. The molecule has 0 radical (unpaired) electrons. The molecular weight excluding hydrogens is 284 g/mol. The van der Waals surface area contributed by atoms with Gasteiger partial charge in [0.25, 0.3) is 5.69 Å². The van der Waals surface area contributed by atoms with Gasteiger partial charge in [0.15, 0.2) is 0 Å². The van der Waals surface area contributed by atoms with Crippen LogP contribution < -0.4 is 5.32 Å². The highest BCUT2D eigenvalue weighted by Gasteiger charge is 2.03. The Kier molecular flexibility index (Phi) is 4.92. The number of hydrogen-bond acceptors (Lipinski definition) is 5. The Morgan fingerprint density at radius 2 is 1.55 bits per heavy atom. The van der Waals surface area contributed by atoms with Crippen molar-refractivity contribution in [1.82, 2.24) is 0 Å². The average Bonchev–Trinajstić information content (AvgIpc) is 2.54. The number of non-ortho nitro benzene ring substituents is 1. The molecule has 1 N–H and O–H groups in total. The standard InChI is InChI=1S/C15H14N4O3/c1-2-15(20)16-11-3-5-12(6-4-11)17-18-13-7-9-14(10-8-13)19(21)22/h3-10H,2H2,1H3,(H,16,20)/b18-17+. The van der Waals surface area contributed by atoms with Gasteiger partial charge in [-0.05, 0) is 36.4 Å². The van der Waals surface area contributed by atoms with E-state index in [0.29, 0.717) is 23.5 Å². The highest BCUT2D eigenvalue weighted by atomic mass is 16.6. The Labute approximate surface area is 126 Å². The quantitative estimate of drug-likeness (QED) is 0.504. The van der Waals surface area contributed by atoms with E-state index >= 15 is 0 Å². The van der Waals surface area contributed by atoms with Gasteiger partial charge in [0.2, 0.25) is 5.91 Å². The second kappa shape index (κ2) is 7.07. The van der Waals surface area contributed by atoms with Crippen LogP contribution in [0.5, 0.6) is 0 Å². The molecule has 0 spiro atoms. The van der Waals surface area contributed by atoms with E-state index in [9.17, 15) is 14.9 Å². The van der Waals surface area contributed by atoms with Crippen LogP contribution in [0.25, 0.3) is 0 Å². The molecule has 1 amide bonds. The first-order chi connectivity index (χ1) is 10.6. The summed E-state index contributed by atoms with van der Waals surface area (Å²) in [6.07, 6.45) is 0.418. The third kappa shape index (κ3) is 4.20. The number of amides is 1. The van der Waals surface area contributed by atoms with Gasteiger partial charge >= 0.3 is 0 Å². The Hall–Kier alpha value is -3.09. The van der Waals surface area contributed by atoms with E-state index in [-0.39, 0.29) is 11.6 Å². The minimum Gasteiger partial charge on any atom is -0.326 e. The van der Waals surface area contributed by atoms with Crippen molar-refractivity contribution in [3.63, 3.8) is 0 Å². The highest BCUT2D eigenvalue weighted by molar-refractivity contribution is 5.90. The van der Waals surface area contributed by atoms with Crippen molar-refractivity contribution in [2.45, 2.75) is 13.3 Å². The molecule has 0 aromatic heterocycles. The van der Waals surface area contributed by atoms with Gasteiger partial charge in [0, 0.05) is 24.2 Å². The van der Waals surface area contributed by atoms with Gasteiger partial charge in [-0.1, -0.05) is 6.92 Å². The van der Waals surface area contributed by atoms with Gasteiger partial charge in [-0.2, -0.15) is 10.2 Å². The van der Waals surface area contributed by atoms with Gasteiger partial charge in [0.05, 0.1) is 16.3 Å². The number of azo groups is 1. The zero-order valence-corrected chi connectivity index (χ0v) is 11.9. The van der Waals surface area contributed by atoms with Crippen molar-refractivity contribution in [1.29, 1.82) is 0 Å². The maximum absolute atomic E-state index is 11.3. The molecule has 2 rings (SSSR count). The lowest BCUT2D eigenvalue weighted by atomic mass is 10.3. The van der Waals surface area contributed by atoms with Crippen molar-refractivity contribution >= 4 is 28.7 Å². The molecule has 0 heterocycles. The zero-order chi connectivity index (χ0) is 15.9. The summed E-state index contributed by atoms with van der Waals surface area (Å²) in [6.45, 7) is 1.78. The van der Waals surface area contributed by atoms with Crippen molar-refractivity contribution in [2.24, 2.45) is 10.2 Å². The van der Waals surface area contributed by atoms with Gasteiger partial charge < -0.3 is 5.32 Å². The summed E-state index contributed by atoms with van der Waals surface area (Å²) < 4.78 is 0. The van der Waals surface area contributed by atoms with Crippen LogP contribution in [0.1, 0.15) is 13.3 Å². The van der Waals surface area contributed by atoms with Gasteiger partial charge in [-0.3, -0.25) is 14.9 Å². The van der Waals surface area contributed by atoms with E-state index in [1.807, 2.05) is 0 Å². The summed E-state index contributed by atoms with van der Waals surface area (Å²) in [4.78, 5) is 21.3. The fourth-order valence-corrected chi connectivity index (χ4v) is 1.62. The molecule has 0 saturated heterocycles.